The van der Waals surface area contributed by atoms with Crippen molar-refractivity contribution in [2.75, 3.05) is 18.4 Å². The molecule has 1 fully saturated rings. The predicted molar refractivity (Wildman–Crippen MR) is 128 cm³/mol. The quantitative estimate of drug-likeness (QED) is 0.572. The lowest BCUT2D eigenvalue weighted by molar-refractivity contribution is -0.0544. The number of benzene rings is 3. The van der Waals surface area contributed by atoms with Crippen LogP contribution in [0.1, 0.15) is 30.4 Å². The molecule has 2 aliphatic rings. The molecule has 2 amide bonds. The van der Waals surface area contributed by atoms with Crippen LogP contribution < -0.4 is 10.1 Å². The zero-order chi connectivity index (χ0) is 22.5. The number of ether oxygens (including phenoxy) is 1. The van der Waals surface area contributed by atoms with Crippen molar-refractivity contribution in [3.8, 4) is 5.75 Å². The molecule has 3 aromatic rings. The average molecular weight is 442 g/mol. The van der Waals surface area contributed by atoms with Gasteiger partial charge in [0, 0.05) is 38.0 Å². The highest BCUT2D eigenvalue weighted by Gasteiger charge is 2.43. The van der Waals surface area contributed by atoms with E-state index in [4.69, 9.17) is 9.57 Å². The van der Waals surface area contributed by atoms with Crippen molar-refractivity contribution in [3.05, 3.63) is 96.1 Å². The van der Waals surface area contributed by atoms with Crippen molar-refractivity contribution in [2.45, 2.75) is 31.5 Å². The first-order chi connectivity index (χ1) is 16.2. The summed E-state index contributed by atoms with van der Waals surface area (Å²) in [6, 6.07) is 27.6. The number of urea groups is 1. The third kappa shape index (κ3) is 5.00. The van der Waals surface area contributed by atoms with E-state index in [0.717, 1.165) is 47.5 Å². The summed E-state index contributed by atoms with van der Waals surface area (Å²) >= 11 is 0. The molecular formula is C27H27N3O3. The van der Waals surface area contributed by atoms with Gasteiger partial charge in [-0.05, 0) is 35.4 Å². The van der Waals surface area contributed by atoms with E-state index >= 15 is 0 Å². The molecule has 5 rings (SSSR count). The van der Waals surface area contributed by atoms with E-state index in [1.54, 1.807) is 0 Å². The maximum Gasteiger partial charge on any atom is 0.321 e. The lowest BCUT2D eigenvalue weighted by atomic mass is 9.85. The number of anilines is 1. The van der Waals surface area contributed by atoms with E-state index in [1.807, 2.05) is 77.7 Å². The number of oxime groups is 1. The van der Waals surface area contributed by atoms with Crippen molar-refractivity contribution in [1.29, 1.82) is 0 Å². The molecule has 0 atom stereocenters. The third-order valence-electron chi connectivity index (χ3n) is 6.26. The average Bonchev–Trinajstić information content (AvgIpc) is 3.28. The molecule has 0 aliphatic carbocycles. The minimum Gasteiger partial charge on any atom is -0.489 e. The predicted octanol–water partition coefficient (Wildman–Crippen LogP) is 5.46. The maximum absolute atomic E-state index is 12.8. The number of piperidine rings is 1. The number of nitrogens with zero attached hydrogens (tertiary/aromatic N) is 2. The number of likely N-dealkylation sites (tertiary alicyclic amines) is 1. The number of amides is 2. The molecular weight excluding hydrogens is 414 g/mol. The van der Waals surface area contributed by atoms with Gasteiger partial charge in [0.15, 0.2) is 0 Å². The van der Waals surface area contributed by atoms with E-state index in [-0.39, 0.29) is 11.6 Å². The molecule has 0 unspecified atom stereocenters. The van der Waals surface area contributed by atoms with Crippen LogP contribution >= 0.6 is 0 Å². The van der Waals surface area contributed by atoms with Crippen molar-refractivity contribution < 1.29 is 14.4 Å². The molecule has 3 aromatic carbocycles. The van der Waals surface area contributed by atoms with Gasteiger partial charge in [-0.1, -0.05) is 65.8 Å². The van der Waals surface area contributed by atoms with Gasteiger partial charge in [-0.3, -0.25) is 0 Å². The van der Waals surface area contributed by atoms with E-state index in [2.05, 4.69) is 22.6 Å². The van der Waals surface area contributed by atoms with Gasteiger partial charge in [-0.25, -0.2) is 4.79 Å². The summed E-state index contributed by atoms with van der Waals surface area (Å²) in [5.41, 5.74) is 3.66. The van der Waals surface area contributed by atoms with Crippen LogP contribution in [0.3, 0.4) is 0 Å². The first-order valence-corrected chi connectivity index (χ1v) is 11.3. The first kappa shape index (κ1) is 21.1. The normalized spacial score (nSPS) is 16.7. The highest BCUT2D eigenvalue weighted by molar-refractivity contribution is 6.01. The second kappa shape index (κ2) is 9.36. The van der Waals surface area contributed by atoms with E-state index < -0.39 is 0 Å². The van der Waals surface area contributed by atoms with Crippen molar-refractivity contribution in [1.82, 2.24) is 4.90 Å². The molecule has 0 bridgehead atoms. The van der Waals surface area contributed by atoms with Crippen molar-refractivity contribution in [2.24, 2.45) is 5.16 Å². The van der Waals surface area contributed by atoms with Crippen molar-refractivity contribution >= 4 is 17.4 Å². The fourth-order valence-corrected chi connectivity index (χ4v) is 4.27. The second-order valence-corrected chi connectivity index (χ2v) is 8.57. The zero-order valence-corrected chi connectivity index (χ0v) is 18.4. The Hall–Kier alpha value is -3.80. The molecule has 2 aliphatic heterocycles. The number of hydrogen-bond acceptors (Lipinski definition) is 4. The summed E-state index contributed by atoms with van der Waals surface area (Å²) in [5.74, 6) is 0.768. The summed E-state index contributed by atoms with van der Waals surface area (Å²) in [4.78, 5) is 20.5. The second-order valence-electron chi connectivity index (χ2n) is 8.57. The van der Waals surface area contributed by atoms with Gasteiger partial charge in [0.25, 0.3) is 0 Å². The molecule has 1 spiro atoms. The molecule has 0 saturated carbocycles. The van der Waals surface area contributed by atoms with Crippen LogP contribution in [-0.4, -0.2) is 35.3 Å². The number of nitrogens with one attached hydrogen (secondary N) is 1. The smallest absolute Gasteiger partial charge is 0.321 e. The zero-order valence-electron chi connectivity index (χ0n) is 18.4. The summed E-state index contributed by atoms with van der Waals surface area (Å²) in [6.07, 6.45) is 2.33. The molecule has 168 valence electrons. The van der Waals surface area contributed by atoms with Crippen LogP contribution in [0.25, 0.3) is 0 Å². The first-order valence-electron chi connectivity index (χ1n) is 11.3. The Labute approximate surface area is 193 Å². The third-order valence-corrected chi connectivity index (χ3v) is 6.26. The minimum absolute atomic E-state index is 0.0926. The van der Waals surface area contributed by atoms with Gasteiger partial charge < -0.3 is 19.8 Å². The van der Waals surface area contributed by atoms with Crippen LogP contribution in [0, 0.1) is 0 Å². The molecule has 0 radical (unpaired) electrons. The molecule has 6 heteroatoms. The van der Waals surface area contributed by atoms with Gasteiger partial charge >= 0.3 is 6.03 Å². The van der Waals surface area contributed by atoms with Crippen LogP contribution in [-0.2, 0) is 11.4 Å². The molecule has 2 heterocycles. The van der Waals surface area contributed by atoms with E-state index in [9.17, 15) is 4.79 Å². The Balaban J connectivity index is 1.10. The summed E-state index contributed by atoms with van der Waals surface area (Å²) in [5, 5.41) is 7.34. The number of rotatable bonds is 5. The Morgan fingerprint density at radius 2 is 1.61 bits per heavy atom. The lowest BCUT2D eigenvalue weighted by Crippen LogP contribution is -2.48. The topological polar surface area (TPSA) is 63.2 Å². The molecule has 0 aromatic heterocycles. The van der Waals surface area contributed by atoms with Crippen LogP contribution in [0.4, 0.5) is 10.5 Å². The summed E-state index contributed by atoms with van der Waals surface area (Å²) < 4.78 is 5.81. The highest BCUT2D eigenvalue weighted by atomic mass is 16.7. The molecule has 1 saturated heterocycles. The van der Waals surface area contributed by atoms with Crippen LogP contribution in [0.15, 0.2) is 90.1 Å². The van der Waals surface area contributed by atoms with Crippen LogP contribution in [0.5, 0.6) is 5.75 Å². The van der Waals surface area contributed by atoms with Gasteiger partial charge in [-0.2, -0.15) is 0 Å². The van der Waals surface area contributed by atoms with Crippen molar-refractivity contribution in [3.63, 3.8) is 0 Å². The summed E-state index contributed by atoms with van der Waals surface area (Å²) in [6.45, 7) is 1.79. The van der Waals surface area contributed by atoms with Gasteiger partial charge in [0.1, 0.15) is 18.0 Å². The minimum atomic E-state index is -0.292. The largest absolute Gasteiger partial charge is 0.489 e. The Morgan fingerprint density at radius 1 is 0.939 bits per heavy atom. The number of hydrogen-bond donors (Lipinski definition) is 1. The molecule has 1 N–H and O–H groups in total. The van der Waals surface area contributed by atoms with Gasteiger partial charge in [-0.15, -0.1) is 0 Å². The van der Waals surface area contributed by atoms with Gasteiger partial charge in [0.05, 0.1) is 5.71 Å². The van der Waals surface area contributed by atoms with Crippen LogP contribution in [0.2, 0.25) is 0 Å². The van der Waals surface area contributed by atoms with Gasteiger partial charge in [0.2, 0.25) is 0 Å². The Morgan fingerprint density at radius 3 is 2.30 bits per heavy atom. The fourth-order valence-electron chi connectivity index (χ4n) is 4.27. The molecule has 33 heavy (non-hydrogen) atoms. The standard InChI is InChI=1S/C27H27N3O3/c31-26(28-23-11-13-24(14-12-23)32-20-21-7-3-1-4-8-21)30-17-15-27(16-18-30)19-25(29-33-27)22-9-5-2-6-10-22/h1-14H,15-20H2,(H,28,31). The number of carbonyl (C=O) groups excluding carboxylic acids is 1. The highest BCUT2D eigenvalue weighted by Crippen LogP contribution is 2.36. The fraction of sp³-hybridized carbons (Fsp3) is 0.259. The monoisotopic (exact) mass is 441 g/mol. The maximum atomic E-state index is 12.8. The summed E-state index contributed by atoms with van der Waals surface area (Å²) in [7, 11) is 0. The number of carbonyl (C=O) groups is 1. The lowest BCUT2D eigenvalue weighted by Gasteiger charge is -2.37. The van der Waals surface area contributed by atoms with E-state index in [0.29, 0.717) is 19.7 Å². The van der Waals surface area contributed by atoms with E-state index in [1.165, 1.54) is 0 Å². The SMILES string of the molecule is O=C(Nc1ccc(OCc2ccccc2)cc1)N1CCC2(CC1)CC(c1ccccc1)=NO2. The Kier molecular flexibility index (Phi) is 5.98. The molecule has 6 nitrogen and oxygen atoms in total. The Bertz CT molecular complexity index is 1110.